The van der Waals surface area contributed by atoms with E-state index in [1.54, 1.807) is 13.0 Å². The lowest BCUT2D eigenvalue weighted by molar-refractivity contribution is -0.137. The normalized spacial score (nSPS) is 11.3. The molecule has 8 heteroatoms. The molecule has 0 aliphatic carbocycles. The molecule has 118 valence electrons. The molecular formula is C14H15F3N4O. The number of alkyl halides is 3. The van der Waals surface area contributed by atoms with E-state index >= 15 is 0 Å². The average molecular weight is 312 g/mol. The molecule has 3 N–H and O–H groups in total. The topological polar surface area (TPSA) is 70.1 Å². The Kier molecular flexibility index (Phi) is 4.81. The zero-order valence-corrected chi connectivity index (χ0v) is 11.8. The number of aliphatic hydroxyl groups is 1. The molecule has 0 radical (unpaired) electrons. The molecule has 0 saturated heterocycles. The first-order valence-corrected chi connectivity index (χ1v) is 6.53. The van der Waals surface area contributed by atoms with Gasteiger partial charge in [-0.3, -0.25) is 0 Å². The van der Waals surface area contributed by atoms with Crippen molar-refractivity contribution < 1.29 is 18.3 Å². The summed E-state index contributed by atoms with van der Waals surface area (Å²) in [7, 11) is 0. The van der Waals surface area contributed by atoms with Gasteiger partial charge in [-0.1, -0.05) is 0 Å². The quantitative estimate of drug-likeness (QED) is 0.792. The molecule has 22 heavy (non-hydrogen) atoms. The zero-order valence-electron chi connectivity index (χ0n) is 11.8. The van der Waals surface area contributed by atoms with Crippen LogP contribution in [0.5, 0.6) is 0 Å². The van der Waals surface area contributed by atoms with E-state index in [-0.39, 0.29) is 12.6 Å². The van der Waals surface area contributed by atoms with Crippen molar-refractivity contribution in [1.82, 2.24) is 9.97 Å². The van der Waals surface area contributed by atoms with Gasteiger partial charge in [0.2, 0.25) is 5.95 Å². The Bertz CT molecular complexity index is 629. The van der Waals surface area contributed by atoms with Gasteiger partial charge in [0.1, 0.15) is 5.82 Å². The summed E-state index contributed by atoms with van der Waals surface area (Å²) in [6, 6.07) is 6.31. The molecular weight excluding hydrogens is 297 g/mol. The fraction of sp³-hybridized carbons (Fsp3) is 0.286. The van der Waals surface area contributed by atoms with Crippen molar-refractivity contribution in [3.63, 3.8) is 0 Å². The van der Waals surface area contributed by atoms with Crippen molar-refractivity contribution >= 4 is 17.5 Å². The van der Waals surface area contributed by atoms with Crippen LogP contribution in [0.2, 0.25) is 0 Å². The molecule has 0 amide bonds. The summed E-state index contributed by atoms with van der Waals surface area (Å²) >= 11 is 0. The zero-order chi connectivity index (χ0) is 16.2. The van der Waals surface area contributed by atoms with Gasteiger partial charge in [0.25, 0.3) is 0 Å². The van der Waals surface area contributed by atoms with Gasteiger partial charge in [-0.2, -0.15) is 18.2 Å². The molecule has 0 saturated carbocycles. The molecule has 1 heterocycles. The first-order valence-electron chi connectivity index (χ1n) is 6.53. The predicted octanol–water partition coefficient (Wildman–Crippen LogP) is 2.95. The second-order valence-electron chi connectivity index (χ2n) is 4.57. The van der Waals surface area contributed by atoms with E-state index in [0.29, 0.717) is 23.7 Å². The number of halogens is 3. The number of benzene rings is 1. The largest absolute Gasteiger partial charge is 0.416 e. The third-order valence-corrected chi connectivity index (χ3v) is 2.74. The van der Waals surface area contributed by atoms with Crippen molar-refractivity contribution in [3.8, 4) is 0 Å². The summed E-state index contributed by atoms with van der Waals surface area (Å²) in [5.74, 6) is 0.788. The van der Waals surface area contributed by atoms with Crippen molar-refractivity contribution in [3.05, 3.63) is 41.6 Å². The fourth-order valence-corrected chi connectivity index (χ4v) is 1.77. The van der Waals surface area contributed by atoms with E-state index in [0.717, 1.165) is 12.1 Å². The monoisotopic (exact) mass is 312 g/mol. The third kappa shape index (κ3) is 4.32. The number of aliphatic hydroxyl groups excluding tert-OH is 1. The summed E-state index contributed by atoms with van der Waals surface area (Å²) in [6.07, 6.45) is -4.36. The SMILES string of the molecule is Cc1cc(NCCO)nc(Nc2ccc(C(F)(F)F)cc2)n1. The molecule has 0 spiro atoms. The minimum absolute atomic E-state index is 0.0370. The van der Waals surface area contributed by atoms with Crippen molar-refractivity contribution in [2.75, 3.05) is 23.8 Å². The minimum Gasteiger partial charge on any atom is -0.395 e. The Balaban J connectivity index is 2.14. The summed E-state index contributed by atoms with van der Waals surface area (Å²) in [6.45, 7) is 2.07. The molecule has 0 aliphatic heterocycles. The van der Waals surface area contributed by atoms with Gasteiger partial charge >= 0.3 is 6.18 Å². The Morgan fingerprint density at radius 2 is 1.82 bits per heavy atom. The highest BCUT2D eigenvalue weighted by molar-refractivity contribution is 5.55. The Morgan fingerprint density at radius 1 is 1.14 bits per heavy atom. The van der Waals surface area contributed by atoms with Gasteiger partial charge in [-0.15, -0.1) is 0 Å². The van der Waals surface area contributed by atoms with E-state index in [9.17, 15) is 13.2 Å². The van der Waals surface area contributed by atoms with Crippen LogP contribution in [0.3, 0.4) is 0 Å². The second kappa shape index (κ2) is 6.61. The maximum absolute atomic E-state index is 12.5. The predicted molar refractivity (Wildman–Crippen MR) is 77.1 cm³/mol. The van der Waals surface area contributed by atoms with Crippen LogP contribution in [0.4, 0.5) is 30.6 Å². The van der Waals surface area contributed by atoms with Crippen molar-refractivity contribution in [2.45, 2.75) is 13.1 Å². The van der Waals surface area contributed by atoms with E-state index in [1.807, 2.05) is 0 Å². The second-order valence-corrected chi connectivity index (χ2v) is 4.57. The highest BCUT2D eigenvalue weighted by Gasteiger charge is 2.29. The van der Waals surface area contributed by atoms with Crippen LogP contribution in [0.15, 0.2) is 30.3 Å². The van der Waals surface area contributed by atoms with Crippen LogP contribution in [0.1, 0.15) is 11.3 Å². The molecule has 0 atom stereocenters. The number of hydrogen-bond acceptors (Lipinski definition) is 5. The molecule has 1 aromatic heterocycles. The summed E-state index contributed by atoms with van der Waals surface area (Å²) in [5.41, 5.74) is 0.421. The molecule has 0 bridgehead atoms. The maximum Gasteiger partial charge on any atom is 0.416 e. The lowest BCUT2D eigenvalue weighted by Gasteiger charge is -2.10. The third-order valence-electron chi connectivity index (χ3n) is 2.74. The molecule has 5 nitrogen and oxygen atoms in total. The molecule has 1 aromatic carbocycles. The number of anilines is 3. The first kappa shape index (κ1) is 16.0. The Morgan fingerprint density at radius 3 is 2.41 bits per heavy atom. The van der Waals surface area contributed by atoms with Gasteiger partial charge < -0.3 is 15.7 Å². The lowest BCUT2D eigenvalue weighted by atomic mass is 10.2. The summed E-state index contributed by atoms with van der Waals surface area (Å²) in [4.78, 5) is 8.33. The first-order chi connectivity index (χ1) is 10.4. The number of nitrogens with zero attached hydrogens (tertiary/aromatic N) is 2. The number of aryl methyl sites for hydroxylation is 1. The molecule has 0 unspecified atom stereocenters. The highest BCUT2D eigenvalue weighted by Crippen LogP contribution is 2.30. The van der Waals surface area contributed by atoms with E-state index < -0.39 is 11.7 Å². The number of aromatic nitrogens is 2. The van der Waals surface area contributed by atoms with Crippen LogP contribution in [-0.4, -0.2) is 28.2 Å². The minimum atomic E-state index is -4.36. The fourth-order valence-electron chi connectivity index (χ4n) is 1.77. The van der Waals surface area contributed by atoms with Gasteiger partial charge in [0, 0.05) is 24.0 Å². The number of rotatable bonds is 5. The summed E-state index contributed by atoms with van der Waals surface area (Å²) in [5, 5.41) is 14.5. The highest BCUT2D eigenvalue weighted by atomic mass is 19.4. The van der Waals surface area contributed by atoms with Crippen molar-refractivity contribution in [1.29, 1.82) is 0 Å². The van der Waals surface area contributed by atoms with E-state index in [2.05, 4.69) is 20.6 Å². The molecule has 2 aromatic rings. The maximum atomic E-state index is 12.5. The van der Waals surface area contributed by atoms with Gasteiger partial charge in [-0.25, -0.2) is 4.98 Å². The number of hydrogen-bond donors (Lipinski definition) is 3. The van der Waals surface area contributed by atoms with E-state index in [1.165, 1.54) is 12.1 Å². The van der Waals surface area contributed by atoms with E-state index in [4.69, 9.17) is 5.11 Å². The van der Waals surface area contributed by atoms with Crippen LogP contribution in [-0.2, 0) is 6.18 Å². The van der Waals surface area contributed by atoms with Gasteiger partial charge in [-0.05, 0) is 31.2 Å². The van der Waals surface area contributed by atoms with Crippen LogP contribution >= 0.6 is 0 Å². The smallest absolute Gasteiger partial charge is 0.395 e. The van der Waals surface area contributed by atoms with Crippen LogP contribution < -0.4 is 10.6 Å². The van der Waals surface area contributed by atoms with Crippen LogP contribution in [0.25, 0.3) is 0 Å². The Labute approximate surface area is 125 Å². The van der Waals surface area contributed by atoms with Gasteiger partial charge in [0.15, 0.2) is 0 Å². The van der Waals surface area contributed by atoms with Gasteiger partial charge in [0.05, 0.1) is 12.2 Å². The molecule has 2 rings (SSSR count). The lowest BCUT2D eigenvalue weighted by Crippen LogP contribution is -2.09. The molecule has 0 fully saturated rings. The number of nitrogens with one attached hydrogen (secondary N) is 2. The standard InChI is InChI=1S/C14H15F3N4O/c1-9-8-12(18-6-7-22)21-13(19-9)20-11-4-2-10(3-5-11)14(15,16)17/h2-5,8,22H,6-7H2,1H3,(H2,18,19,20,21). The average Bonchev–Trinajstić information content (AvgIpc) is 2.44. The van der Waals surface area contributed by atoms with Crippen molar-refractivity contribution in [2.24, 2.45) is 0 Å². The van der Waals surface area contributed by atoms with Crippen LogP contribution in [0, 0.1) is 6.92 Å². The summed E-state index contributed by atoms with van der Waals surface area (Å²) < 4.78 is 37.5. The molecule has 0 aliphatic rings. The Hall–Kier alpha value is -2.35.